The lowest BCUT2D eigenvalue weighted by Gasteiger charge is -2.32. The molecule has 2 rings (SSSR count). The molecule has 2 amide bonds. The predicted octanol–water partition coefficient (Wildman–Crippen LogP) is 0.391. The molecule has 29 heavy (non-hydrogen) atoms. The summed E-state index contributed by atoms with van der Waals surface area (Å²) < 4.78 is 32.9. The van der Waals surface area contributed by atoms with Gasteiger partial charge in [0.15, 0.2) is 6.54 Å². The van der Waals surface area contributed by atoms with E-state index in [-0.39, 0.29) is 13.2 Å². The standard InChI is InChI=1S/C20H31N3O5S/c1-7-28-20(25)21-18(24)12-22-8-10-23(11-9-22)29(26,27)19-16(5)14(3)13(2)15(4)17(19)6/h7-12H2,1-6H3,(H,21,24,25)/p+1. The maximum absolute atomic E-state index is 13.4. The van der Waals surface area contributed by atoms with Crippen molar-refractivity contribution in [1.29, 1.82) is 0 Å². The number of hydrogen-bond acceptors (Lipinski definition) is 5. The van der Waals surface area contributed by atoms with Crippen LogP contribution in [0.4, 0.5) is 4.79 Å². The molecular formula is C20H32N3O5S+. The Morgan fingerprint density at radius 3 is 1.93 bits per heavy atom. The number of sulfonamides is 1. The average molecular weight is 427 g/mol. The minimum absolute atomic E-state index is 0.105. The van der Waals surface area contributed by atoms with E-state index in [1.54, 1.807) is 6.92 Å². The molecule has 162 valence electrons. The van der Waals surface area contributed by atoms with Gasteiger partial charge in [-0.05, 0) is 69.4 Å². The van der Waals surface area contributed by atoms with E-state index in [2.05, 4.69) is 5.32 Å². The summed E-state index contributed by atoms with van der Waals surface area (Å²) in [6, 6.07) is 0. The first-order chi connectivity index (χ1) is 13.5. The van der Waals surface area contributed by atoms with Gasteiger partial charge in [0, 0.05) is 0 Å². The van der Waals surface area contributed by atoms with Gasteiger partial charge in [0.2, 0.25) is 10.0 Å². The largest absolute Gasteiger partial charge is 0.450 e. The molecule has 9 heteroatoms. The van der Waals surface area contributed by atoms with Crippen molar-refractivity contribution in [2.24, 2.45) is 0 Å². The predicted molar refractivity (Wildman–Crippen MR) is 110 cm³/mol. The van der Waals surface area contributed by atoms with Crippen molar-refractivity contribution in [2.75, 3.05) is 39.3 Å². The zero-order valence-corrected chi connectivity index (χ0v) is 19.0. The molecule has 8 nitrogen and oxygen atoms in total. The number of alkyl carbamates (subject to hydrolysis) is 1. The Labute approximate surface area is 173 Å². The van der Waals surface area contributed by atoms with E-state index < -0.39 is 22.0 Å². The van der Waals surface area contributed by atoms with Crippen molar-refractivity contribution in [3.63, 3.8) is 0 Å². The zero-order chi connectivity index (χ0) is 21.9. The van der Waals surface area contributed by atoms with Crippen LogP contribution in [0, 0.1) is 34.6 Å². The van der Waals surface area contributed by atoms with Gasteiger partial charge >= 0.3 is 6.09 Å². The quantitative estimate of drug-likeness (QED) is 0.710. The van der Waals surface area contributed by atoms with Crippen LogP contribution in [0.1, 0.15) is 34.7 Å². The van der Waals surface area contributed by atoms with Crippen molar-refractivity contribution >= 4 is 22.0 Å². The summed E-state index contributed by atoms with van der Waals surface area (Å²) in [5.41, 5.74) is 4.74. The van der Waals surface area contributed by atoms with Crippen LogP contribution in [0.5, 0.6) is 0 Å². The third kappa shape index (κ3) is 4.96. The lowest BCUT2D eigenvalue weighted by molar-refractivity contribution is -0.895. The average Bonchev–Trinajstić information content (AvgIpc) is 2.65. The van der Waals surface area contributed by atoms with Gasteiger partial charge in [0.05, 0.1) is 37.7 Å². The fourth-order valence-corrected chi connectivity index (χ4v) is 5.75. The van der Waals surface area contributed by atoms with Crippen LogP contribution in [0.25, 0.3) is 0 Å². The summed E-state index contributed by atoms with van der Waals surface area (Å²) >= 11 is 0. The fourth-order valence-electron chi connectivity index (χ4n) is 3.75. The number of carbonyl (C=O) groups excluding carboxylic acids is 2. The number of nitrogens with one attached hydrogen (secondary N) is 2. The topological polar surface area (TPSA) is 97.2 Å². The molecule has 1 aliphatic heterocycles. The Hall–Kier alpha value is -1.97. The number of quaternary nitrogens is 1. The summed E-state index contributed by atoms with van der Waals surface area (Å²) in [6.07, 6.45) is -0.755. The van der Waals surface area contributed by atoms with Crippen LogP contribution >= 0.6 is 0 Å². The molecule has 1 aromatic rings. The van der Waals surface area contributed by atoms with E-state index >= 15 is 0 Å². The molecule has 0 spiro atoms. The minimum atomic E-state index is -3.62. The molecule has 0 bridgehead atoms. The Morgan fingerprint density at radius 1 is 0.966 bits per heavy atom. The summed E-state index contributed by atoms with van der Waals surface area (Å²) in [6.45, 7) is 13.3. The van der Waals surface area contributed by atoms with Crippen molar-refractivity contribution < 1.29 is 27.6 Å². The van der Waals surface area contributed by atoms with Gasteiger partial charge in [-0.25, -0.2) is 13.2 Å². The molecule has 1 aliphatic rings. The van der Waals surface area contributed by atoms with E-state index in [1.165, 1.54) is 4.31 Å². The number of benzene rings is 1. The number of hydrogen-bond donors (Lipinski definition) is 2. The second-order valence-electron chi connectivity index (χ2n) is 7.55. The molecular weight excluding hydrogens is 394 g/mol. The monoisotopic (exact) mass is 426 g/mol. The van der Waals surface area contributed by atoms with E-state index in [9.17, 15) is 18.0 Å². The first kappa shape index (κ1) is 23.3. The third-order valence-electron chi connectivity index (χ3n) is 5.89. The number of piperazine rings is 1. The summed E-state index contributed by atoms with van der Waals surface area (Å²) in [5, 5.41) is 2.18. The maximum Gasteiger partial charge on any atom is 0.414 e. The van der Waals surface area contributed by atoms with Crippen LogP contribution < -0.4 is 10.2 Å². The Balaban J connectivity index is 2.10. The van der Waals surface area contributed by atoms with Crippen molar-refractivity contribution in [2.45, 2.75) is 46.4 Å². The number of carbonyl (C=O) groups is 2. The van der Waals surface area contributed by atoms with Crippen molar-refractivity contribution in [1.82, 2.24) is 9.62 Å². The molecule has 0 saturated carbocycles. The van der Waals surface area contributed by atoms with E-state index in [0.717, 1.165) is 32.7 Å². The molecule has 0 unspecified atom stereocenters. The first-order valence-electron chi connectivity index (χ1n) is 9.87. The van der Waals surface area contributed by atoms with Crippen LogP contribution in [0.15, 0.2) is 4.90 Å². The minimum Gasteiger partial charge on any atom is -0.450 e. The number of imide groups is 1. The molecule has 0 aromatic heterocycles. The van der Waals surface area contributed by atoms with Crippen LogP contribution in [-0.4, -0.2) is 64.1 Å². The summed E-state index contributed by atoms with van der Waals surface area (Å²) in [7, 11) is -3.62. The van der Waals surface area contributed by atoms with Crippen LogP contribution in [-0.2, 0) is 19.6 Å². The van der Waals surface area contributed by atoms with Crippen molar-refractivity contribution in [3.05, 3.63) is 27.8 Å². The highest BCUT2D eigenvalue weighted by atomic mass is 32.2. The van der Waals surface area contributed by atoms with Crippen LogP contribution in [0.2, 0.25) is 0 Å². The van der Waals surface area contributed by atoms with E-state index in [4.69, 9.17) is 4.74 Å². The summed E-state index contributed by atoms with van der Waals surface area (Å²) in [4.78, 5) is 24.6. The first-order valence-corrected chi connectivity index (χ1v) is 11.3. The van der Waals surface area contributed by atoms with Gasteiger partial charge in [-0.2, -0.15) is 4.31 Å². The normalized spacial score (nSPS) is 15.9. The zero-order valence-electron chi connectivity index (χ0n) is 18.1. The van der Waals surface area contributed by atoms with Gasteiger partial charge in [-0.1, -0.05) is 0 Å². The number of nitrogens with zero attached hydrogens (tertiary/aromatic N) is 1. The molecule has 1 aromatic carbocycles. The highest BCUT2D eigenvalue weighted by Crippen LogP contribution is 2.31. The van der Waals surface area contributed by atoms with Gasteiger partial charge < -0.3 is 9.64 Å². The number of amides is 2. The SMILES string of the molecule is CCOC(=O)NC(=O)C[NH+]1CCN(S(=O)(=O)c2c(C)c(C)c(C)c(C)c2C)CC1. The van der Waals surface area contributed by atoms with Gasteiger partial charge in [-0.3, -0.25) is 10.1 Å². The third-order valence-corrected chi connectivity index (χ3v) is 8.06. The van der Waals surface area contributed by atoms with Gasteiger partial charge in [0.1, 0.15) is 0 Å². The molecule has 0 atom stereocenters. The van der Waals surface area contributed by atoms with Crippen LogP contribution in [0.3, 0.4) is 0 Å². The Bertz CT molecular complexity index is 874. The van der Waals surface area contributed by atoms with Gasteiger partial charge in [-0.15, -0.1) is 0 Å². The second kappa shape index (κ2) is 9.23. The highest BCUT2D eigenvalue weighted by Gasteiger charge is 2.34. The van der Waals surface area contributed by atoms with Crippen molar-refractivity contribution in [3.8, 4) is 0 Å². The molecule has 2 N–H and O–H groups in total. The Kier molecular flexibility index (Phi) is 7.42. The van der Waals surface area contributed by atoms with E-state index in [1.807, 2.05) is 34.6 Å². The lowest BCUT2D eigenvalue weighted by Crippen LogP contribution is -3.15. The van der Waals surface area contributed by atoms with Gasteiger partial charge in [0.25, 0.3) is 5.91 Å². The molecule has 0 aliphatic carbocycles. The fraction of sp³-hybridized carbons (Fsp3) is 0.600. The summed E-state index contributed by atoms with van der Waals surface area (Å²) in [5.74, 6) is -0.425. The maximum atomic E-state index is 13.4. The number of rotatable bonds is 5. The smallest absolute Gasteiger partial charge is 0.414 e. The molecule has 1 fully saturated rings. The highest BCUT2D eigenvalue weighted by molar-refractivity contribution is 7.89. The number of ether oxygens (including phenoxy) is 1. The lowest BCUT2D eigenvalue weighted by atomic mass is 9.95. The second-order valence-corrected chi connectivity index (χ2v) is 9.43. The Morgan fingerprint density at radius 2 is 1.45 bits per heavy atom. The molecule has 0 radical (unpaired) electrons. The van der Waals surface area contributed by atoms with E-state index in [0.29, 0.717) is 31.1 Å². The molecule has 1 saturated heterocycles. The molecule has 1 heterocycles.